The zero-order valence-electron chi connectivity index (χ0n) is 24.9. The number of amides is 3. The first-order valence-electron chi connectivity index (χ1n) is 14.3. The van der Waals surface area contributed by atoms with Gasteiger partial charge in [-0.25, -0.2) is 28.1 Å². The average molecular weight is 629 g/mol. The summed E-state index contributed by atoms with van der Waals surface area (Å²) in [6.07, 6.45) is -2.92. The maximum atomic E-state index is 14.3. The number of likely N-dealkylation sites (tertiary alicyclic amines) is 1. The summed E-state index contributed by atoms with van der Waals surface area (Å²) in [6, 6.07) is 5.69. The predicted octanol–water partition coefficient (Wildman–Crippen LogP) is 3.88. The van der Waals surface area contributed by atoms with E-state index in [9.17, 15) is 32.8 Å². The molecule has 3 N–H and O–H groups in total. The van der Waals surface area contributed by atoms with Crippen molar-refractivity contribution < 1.29 is 47.0 Å². The SMILES string of the molecule is CCCC(F)OC(=O)c1cnc(N)c(C(=O)OC(F)CCC)c1C[C@H]1C(=O)N(C(=O)N[C@H](C)c2ccccc2)[C@@H]1C(=O)C=[N+]=[N-]. The fraction of sp³-hybridized carbons (Fsp3) is 0.433. The number of nitrogens with zero attached hydrogens (tertiary/aromatic N) is 4. The lowest BCUT2D eigenvalue weighted by Crippen LogP contribution is -2.69. The Labute approximate surface area is 257 Å². The highest BCUT2D eigenvalue weighted by molar-refractivity contribution is 6.31. The number of esters is 2. The molecule has 240 valence electrons. The second kappa shape index (κ2) is 15.6. The van der Waals surface area contributed by atoms with Crippen molar-refractivity contribution in [1.29, 1.82) is 0 Å². The minimum Gasteiger partial charge on any atom is -0.427 e. The third kappa shape index (κ3) is 8.12. The van der Waals surface area contributed by atoms with Crippen LogP contribution in [0.5, 0.6) is 0 Å². The monoisotopic (exact) mass is 628 g/mol. The molecule has 13 nitrogen and oxygen atoms in total. The number of rotatable bonds is 14. The number of Topliss-reactive ketones (excluding diaryl/α,β-unsaturated/α-hetero) is 1. The lowest BCUT2D eigenvalue weighted by molar-refractivity contribution is -0.155. The number of nitrogens with two attached hydrogens (primary N) is 1. The lowest BCUT2D eigenvalue weighted by atomic mass is 9.78. The molecule has 1 aromatic carbocycles. The van der Waals surface area contributed by atoms with E-state index in [0.717, 1.165) is 6.20 Å². The largest absolute Gasteiger partial charge is 0.427 e. The number of nitrogens with one attached hydrogen (secondary N) is 1. The van der Waals surface area contributed by atoms with Gasteiger partial charge in [0.15, 0.2) is 0 Å². The Morgan fingerprint density at radius 3 is 2.27 bits per heavy atom. The van der Waals surface area contributed by atoms with Crippen LogP contribution in [0.25, 0.3) is 5.53 Å². The summed E-state index contributed by atoms with van der Waals surface area (Å²) in [4.78, 5) is 72.8. The van der Waals surface area contributed by atoms with Crippen LogP contribution in [0.1, 0.15) is 84.3 Å². The first-order chi connectivity index (χ1) is 21.4. The number of urea groups is 1. The molecule has 1 aliphatic heterocycles. The minimum atomic E-state index is -2.05. The van der Waals surface area contributed by atoms with Crippen LogP contribution in [0.3, 0.4) is 0 Å². The quantitative estimate of drug-likeness (QED) is 0.103. The fourth-order valence-electron chi connectivity index (χ4n) is 4.84. The van der Waals surface area contributed by atoms with Crippen LogP contribution < -0.4 is 11.1 Å². The van der Waals surface area contributed by atoms with E-state index in [1.165, 1.54) is 0 Å². The van der Waals surface area contributed by atoms with Gasteiger partial charge >= 0.3 is 24.2 Å². The smallest absolute Gasteiger partial charge is 0.344 e. The van der Waals surface area contributed by atoms with E-state index in [2.05, 4.69) is 15.1 Å². The summed E-state index contributed by atoms with van der Waals surface area (Å²) in [5.74, 6) is -6.36. The third-order valence-corrected chi connectivity index (χ3v) is 7.11. The molecule has 15 heteroatoms. The van der Waals surface area contributed by atoms with Gasteiger partial charge in [-0.05, 0) is 37.3 Å². The highest BCUT2D eigenvalue weighted by atomic mass is 19.1. The van der Waals surface area contributed by atoms with Gasteiger partial charge in [0.05, 0.1) is 17.5 Å². The van der Waals surface area contributed by atoms with Gasteiger partial charge in [0, 0.05) is 19.0 Å². The molecule has 0 aliphatic carbocycles. The van der Waals surface area contributed by atoms with Gasteiger partial charge in [-0.3, -0.25) is 14.5 Å². The van der Waals surface area contributed by atoms with Crippen molar-refractivity contribution in [3.63, 3.8) is 0 Å². The van der Waals surface area contributed by atoms with E-state index < -0.39 is 83.7 Å². The summed E-state index contributed by atoms with van der Waals surface area (Å²) in [7, 11) is 0. The van der Waals surface area contributed by atoms with Gasteiger partial charge in [0.25, 0.3) is 5.78 Å². The number of imide groups is 1. The van der Waals surface area contributed by atoms with Crippen molar-refractivity contribution in [2.75, 3.05) is 5.73 Å². The number of benzene rings is 1. The van der Waals surface area contributed by atoms with E-state index in [1.54, 1.807) is 51.1 Å². The van der Waals surface area contributed by atoms with E-state index in [4.69, 9.17) is 20.7 Å². The van der Waals surface area contributed by atoms with Crippen LogP contribution in [-0.2, 0) is 25.5 Å². The second-order valence-corrected chi connectivity index (χ2v) is 10.3. The molecule has 45 heavy (non-hydrogen) atoms. The molecule has 3 rings (SSSR count). The van der Waals surface area contributed by atoms with Gasteiger partial charge in [0.2, 0.25) is 18.6 Å². The molecule has 3 amide bonds. The molecule has 1 aromatic heterocycles. The number of carbonyl (C=O) groups is 5. The van der Waals surface area contributed by atoms with Crippen LogP contribution in [0.2, 0.25) is 0 Å². The topological polar surface area (TPSA) is 194 Å². The van der Waals surface area contributed by atoms with E-state index >= 15 is 0 Å². The Bertz CT molecular complexity index is 1480. The molecule has 5 atom stereocenters. The number of β-lactam (4-membered cyclic amide) rings is 1. The van der Waals surface area contributed by atoms with Gasteiger partial charge in [-0.2, -0.15) is 4.79 Å². The number of ether oxygens (including phenoxy) is 2. The number of alkyl halides is 2. The van der Waals surface area contributed by atoms with E-state index in [1.807, 2.05) is 0 Å². The van der Waals surface area contributed by atoms with Crippen LogP contribution in [0.4, 0.5) is 19.4 Å². The summed E-state index contributed by atoms with van der Waals surface area (Å²) in [6.45, 7) is 4.97. The maximum Gasteiger partial charge on any atom is 0.344 e. The minimum absolute atomic E-state index is 0.136. The molecule has 2 heterocycles. The van der Waals surface area contributed by atoms with Crippen molar-refractivity contribution in [2.24, 2.45) is 5.92 Å². The molecule has 2 unspecified atom stereocenters. The number of carbonyl (C=O) groups excluding carboxylic acids is 5. The number of nitrogen functional groups attached to an aromatic ring is 1. The molecule has 0 spiro atoms. The molecule has 1 aliphatic rings. The Morgan fingerprint density at radius 2 is 1.69 bits per heavy atom. The normalized spacial score (nSPS) is 17.6. The predicted molar refractivity (Wildman–Crippen MR) is 155 cm³/mol. The fourth-order valence-corrected chi connectivity index (χ4v) is 4.84. The number of halogens is 2. The second-order valence-electron chi connectivity index (χ2n) is 10.3. The van der Waals surface area contributed by atoms with Crippen LogP contribution in [0.15, 0.2) is 36.5 Å². The standard InChI is InChI=1S/C30H34F2N6O7/c1-4-9-22(31)44-28(41)20-14-35-26(33)24(29(42)45-23(32)10-5-2)18(20)13-19-25(21(39)15-36-34)38(27(19)40)30(43)37-16(3)17-11-7-6-8-12-17/h6-8,11-12,14-16,19,22-23,25H,4-5,9-10,13H2,1-3H3,(H2,33,35)(H,37,43)/t16-,19-,22?,23?,25+/m1/s1. The number of ketones is 1. The summed E-state index contributed by atoms with van der Waals surface area (Å²) in [5, 5.41) is 2.62. The van der Waals surface area contributed by atoms with Crippen LogP contribution >= 0.6 is 0 Å². The Hall–Kier alpha value is -5.04. The maximum absolute atomic E-state index is 14.3. The molecule has 2 aromatic rings. The number of anilines is 1. The van der Waals surface area contributed by atoms with Gasteiger partial charge in [0.1, 0.15) is 17.4 Å². The number of hydrogen-bond donors (Lipinski definition) is 2. The number of aromatic nitrogens is 1. The number of pyridine rings is 1. The molecule has 0 radical (unpaired) electrons. The molecule has 0 saturated carbocycles. The van der Waals surface area contributed by atoms with Gasteiger partial charge < -0.3 is 26.1 Å². The molecule has 0 bridgehead atoms. The lowest BCUT2D eigenvalue weighted by Gasteiger charge is -2.44. The Balaban J connectivity index is 2.03. The van der Waals surface area contributed by atoms with E-state index in [0.29, 0.717) is 29.5 Å². The number of hydrogen-bond acceptors (Lipinski definition) is 9. The molecule has 1 saturated heterocycles. The van der Waals surface area contributed by atoms with Crippen LogP contribution in [0, 0.1) is 5.92 Å². The zero-order chi connectivity index (χ0) is 33.3. The Morgan fingerprint density at radius 1 is 1.09 bits per heavy atom. The molecular formula is C30H34F2N6O7. The average Bonchev–Trinajstić information content (AvgIpc) is 2.98. The molecular weight excluding hydrogens is 594 g/mol. The molecule has 1 fully saturated rings. The zero-order valence-corrected chi connectivity index (χ0v) is 24.9. The third-order valence-electron chi connectivity index (χ3n) is 7.11. The van der Waals surface area contributed by atoms with Gasteiger partial charge in [-0.1, -0.05) is 44.2 Å². The van der Waals surface area contributed by atoms with Crippen molar-refractivity contribution in [3.8, 4) is 0 Å². The van der Waals surface area contributed by atoms with Crippen molar-refractivity contribution in [3.05, 3.63) is 64.3 Å². The van der Waals surface area contributed by atoms with Crippen LogP contribution in [-0.4, -0.2) is 69.3 Å². The summed E-state index contributed by atoms with van der Waals surface area (Å²) < 4.78 is 38.3. The summed E-state index contributed by atoms with van der Waals surface area (Å²) >= 11 is 0. The van der Waals surface area contributed by atoms with Crippen molar-refractivity contribution in [2.45, 2.75) is 77.7 Å². The Kier molecular flexibility index (Phi) is 12.0. The highest BCUT2D eigenvalue weighted by Crippen LogP contribution is 2.35. The highest BCUT2D eigenvalue weighted by Gasteiger charge is 2.55. The summed E-state index contributed by atoms with van der Waals surface area (Å²) in [5.41, 5.74) is 14.3. The van der Waals surface area contributed by atoms with Crippen molar-refractivity contribution in [1.82, 2.24) is 15.2 Å². The van der Waals surface area contributed by atoms with E-state index in [-0.39, 0.29) is 18.4 Å². The first kappa shape index (κ1) is 34.5. The van der Waals surface area contributed by atoms with Gasteiger partial charge in [-0.15, -0.1) is 0 Å². The first-order valence-corrected chi connectivity index (χ1v) is 14.3. The van der Waals surface area contributed by atoms with Crippen molar-refractivity contribution >= 4 is 41.7 Å².